The maximum absolute atomic E-state index is 12.6. The summed E-state index contributed by atoms with van der Waals surface area (Å²) in [6, 6.07) is 6.18. The molecular weight excluding hydrogens is 334 g/mol. The van der Waals surface area contributed by atoms with Gasteiger partial charge in [-0.1, -0.05) is 36.9 Å². The molecule has 1 fully saturated rings. The van der Waals surface area contributed by atoms with Crippen molar-refractivity contribution >= 4 is 28.9 Å². The summed E-state index contributed by atoms with van der Waals surface area (Å²) >= 11 is 6.28. The number of rotatable bonds is 4. The lowest BCUT2D eigenvalue weighted by molar-refractivity contribution is 0.102. The number of nitrogens with one attached hydrogen (secondary N) is 2. The SMILES string of the molecule is Cc1cc(C)c(NC(=O)c2cncc(NC3CCCCC3)c2)c(Cl)c1. The molecule has 0 radical (unpaired) electrons. The first-order valence-corrected chi connectivity index (χ1v) is 9.20. The minimum atomic E-state index is -0.200. The van der Waals surface area contributed by atoms with Gasteiger partial charge in [0.1, 0.15) is 0 Å². The second-order valence-corrected chi connectivity index (χ2v) is 7.24. The normalized spacial score (nSPS) is 15.0. The van der Waals surface area contributed by atoms with Crippen molar-refractivity contribution in [2.24, 2.45) is 0 Å². The Morgan fingerprint density at radius 1 is 1.12 bits per heavy atom. The van der Waals surface area contributed by atoms with E-state index in [0.29, 0.717) is 22.3 Å². The Morgan fingerprint density at radius 2 is 1.88 bits per heavy atom. The fourth-order valence-electron chi connectivity index (χ4n) is 3.39. The first-order chi connectivity index (χ1) is 12.0. The Balaban J connectivity index is 1.73. The third kappa shape index (κ3) is 4.51. The molecule has 2 N–H and O–H groups in total. The number of nitrogens with zero attached hydrogens (tertiary/aromatic N) is 1. The van der Waals surface area contributed by atoms with Crippen LogP contribution in [0.25, 0.3) is 0 Å². The molecule has 132 valence electrons. The van der Waals surface area contributed by atoms with Crippen LogP contribution < -0.4 is 10.6 Å². The lowest BCUT2D eigenvalue weighted by Gasteiger charge is -2.23. The van der Waals surface area contributed by atoms with E-state index in [4.69, 9.17) is 11.6 Å². The molecule has 2 aromatic rings. The maximum Gasteiger partial charge on any atom is 0.257 e. The molecule has 0 bridgehead atoms. The number of aromatic nitrogens is 1. The standard InChI is InChI=1S/C20H24ClN3O/c1-13-8-14(2)19(18(21)9-13)24-20(25)15-10-17(12-22-11-15)23-16-6-4-3-5-7-16/h8-12,16,23H,3-7H2,1-2H3,(H,24,25). The molecule has 25 heavy (non-hydrogen) atoms. The van der Waals surface area contributed by atoms with E-state index in [2.05, 4.69) is 15.6 Å². The predicted molar refractivity (Wildman–Crippen MR) is 104 cm³/mol. The summed E-state index contributed by atoms with van der Waals surface area (Å²) in [6.45, 7) is 3.92. The number of amides is 1. The summed E-state index contributed by atoms with van der Waals surface area (Å²) in [4.78, 5) is 16.8. The molecule has 0 saturated heterocycles. The van der Waals surface area contributed by atoms with Gasteiger partial charge in [-0.25, -0.2) is 0 Å². The molecule has 1 aromatic carbocycles. The van der Waals surface area contributed by atoms with Gasteiger partial charge in [0.2, 0.25) is 0 Å². The van der Waals surface area contributed by atoms with Crippen LogP contribution in [0, 0.1) is 13.8 Å². The molecule has 4 nitrogen and oxygen atoms in total. The highest BCUT2D eigenvalue weighted by Crippen LogP contribution is 2.28. The number of hydrogen-bond acceptors (Lipinski definition) is 3. The second kappa shape index (κ2) is 7.87. The molecule has 5 heteroatoms. The smallest absolute Gasteiger partial charge is 0.257 e. The summed E-state index contributed by atoms with van der Waals surface area (Å²) in [6.07, 6.45) is 9.54. The highest BCUT2D eigenvalue weighted by atomic mass is 35.5. The largest absolute Gasteiger partial charge is 0.381 e. The molecule has 1 saturated carbocycles. The van der Waals surface area contributed by atoms with E-state index in [0.717, 1.165) is 16.8 Å². The van der Waals surface area contributed by atoms with Crippen molar-refractivity contribution in [2.75, 3.05) is 10.6 Å². The highest BCUT2D eigenvalue weighted by molar-refractivity contribution is 6.34. The van der Waals surface area contributed by atoms with E-state index in [9.17, 15) is 4.79 Å². The van der Waals surface area contributed by atoms with Gasteiger partial charge in [-0.15, -0.1) is 0 Å². The summed E-state index contributed by atoms with van der Waals surface area (Å²) in [5, 5.41) is 6.97. The van der Waals surface area contributed by atoms with Crippen molar-refractivity contribution in [2.45, 2.75) is 52.0 Å². The van der Waals surface area contributed by atoms with Gasteiger partial charge < -0.3 is 10.6 Å². The van der Waals surface area contributed by atoms with Gasteiger partial charge in [-0.2, -0.15) is 0 Å². The van der Waals surface area contributed by atoms with Gasteiger partial charge in [0.15, 0.2) is 0 Å². The lowest BCUT2D eigenvalue weighted by atomic mass is 9.95. The van der Waals surface area contributed by atoms with Crippen molar-refractivity contribution < 1.29 is 4.79 Å². The van der Waals surface area contributed by atoms with Gasteiger partial charge in [0.25, 0.3) is 5.91 Å². The molecule has 0 atom stereocenters. The first-order valence-electron chi connectivity index (χ1n) is 8.82. The predicted octanol–water partition coefficient (Wildman–Crippen LogP) is 5.35. The van der Waals surface area contributed by atoms with Crippen LogP contribution in [0.2, 0.25) is 5.02 Å². The number of pyridine rings is 1. The molecule has 1 amide bonds. The van der Waals surface area contributed by atoms with Crippen LogP contribution in [-0.2, 0) is 0 Å². The van der Waals surface area contributed by atoms with Crippen molar-refractivity contribution in [3.63, 3.8) is 0 Å². The number of aryl methyl sites for hydroxylation is 2. The molecule has 0 aliphatic heterocycles. The van der Waals surface area contributed by atoms with Crippen LogP contribution in [0.1, 0.15) is 53.6 Å². The fraction of sp³-hybridized carbons (Fsp3) is 0.400. The molecule has 1 aliphatic carbocycles. The van der Waals surface area contributed by atoms with Crippen LogP contribution in [-0.4, -0.2) is 16.9 Å². The molecule has 1 aromatic heterocycles. The molecule has 0 unspecified atom stereocenters. The topological polar surface area (TPSA) is 54.0 Å². The van der Waals surface area contributed by atoms with Crippen molar-refractivity contribution in [3.05, 3.63) is 52.3 Å². The van der Waals surface area contributed by atoms with E-state index >= 15 is 0 Å². The summed E-state index contributed by atoms with van der Waals surface area (Å²) in [5.74, 6) is -0.200. The van der Waals surface area contributed by atoms with Crippen LogP contribution in [0.5, 0.6) is 0 Å². The Hall–Kier alpha value is -2.07. The Morgan fingerprint density at radius 3 is 2.60 bits per heavy atom. The first kappa shape index (κ1) is 17.7. The molecule has 0 spiro atoms. The molecule has 3 rings (SSSR count). The number of benzene rings is 1. The van der Waals surface area contributed by atoms with E-state index in [-0.39, 0.29) is 5.91 Å². The lowest BCUT2D eigenvalue weighted by Crippen LogP contribution is -2.22. The fourth-order valence-corrected chi connectivity index (χ4v) is 3.75. The van der Waals surface area contributed by atoms with E-state index < -0.39 is 0 Å². The second-order valence-electron chi connectivity index (χ2n) is 6.83. The van der Waals surface area contributed by atoms with E-state index in [1.165, 1.54) is 32.1 Å². The summed E-state index contributed by atoms with van der Waals surface area (Å²) in [7, 11) is 0. The number of carbonyl (C=O) groups excluding carboxylic acids is 1. The van der Waals surface area contributed by atoms with Gasteiger partial charge >= 0.3 is 0 Å². The quantitative estimate of drug-likeness (QED) is 0.775. The van der Waals surface area contributed by atoms with Crippen LogP contribution in [0.3, 0.4) is 0 Å². The third-order valence-corrected chi connectivity index (χ3v) is 4.94. The Kier molecular flexibility index (Phi) is 5.59. The number of anilines is 2. The van der Waals surface area contributed by atoms with Crippen LogP contribution in [0.4, 0.5) is 11.4 Å². The zero-order valence-corrected chi connectivity index (χ0v) is 15.5. The zero-order chi connectivity index (χ0) is 17.8. The average molecular weight is 358 g/mol. The summed E-state index contributed by atoms with van der Waals surface area (Å²) < 4.78 is 0. The van der Waals surface area contributed by atoms with E-state index in [1.54, 1.807) is 12.4 Å². The van der Waals surface area contributed by atoms with Crippen LogP contribution in [0.15, 0.2) is 30.6 Å². The minimum Gasteiger partial charge on any atom is -0.381 e. The minimum absolute atomic E-state index is 0.200. The molecular formula is C20H24ClN3O. The van der Waals surface area contributed by atoms with Crippen LogP contribution >= 0.6 is 11.6 Å². The summed E-state index contributed by atoms with van der Waals surface area (Å²) in [5.41, 5.74) is 4.09. The third-order valence-electron chi connectivity index (χ3n) is 4.65. The van der Waals surface area contributed by atoms with Gasteiger partial charge in [0, 0.05) is 18.4 Å². The molecule has 1 heterocycles. The van der Waals surface area contributed by atoms with Gasteiger partial charge in [-0.3, -0.25) is 9.78 Å². The zero-order valence-electron chi connectivity index (χ0n) is 14.7. The number of halogens is 1. The highest BCUT2D eigenvalue weighted by Gasteiger charge is 2.15. The van der Waals surface area contributed by atoms with Gasteiger partial charge in [0.05, 0.1) is 22.0 Å². The molecule has 1 aliphatic rings. The number of carbonyl (C=O) groups is 1. The van der Waals surface area contributed by atoms with E-state index in [1.807, 2.05) is 32.0 Å². The monoisotopic (exact) mass is 357 g/mol. The van der Waals surface area contributed by atoms with Crippen molar-refractivity contribution in [1.82, 2.24) is 4.98 Å². The number of hydrogen-bond donors (Lipinski definition) is 2. The Bertz CT molecular complexity index is 746. The Labute approximate surface area is 154 Å². The average Bonchev–Trinajstić information content (AvgIpc) is 2.59. The van der Waals surface area contributed by atoms with Crippen molar-refractivity contribution in [1.29, 1.82) is 0 Å². The van der Waals surface area contributed by atoms with Gasteiger partial charge in [-0.05, 0) is 49.9 Å². The maximum atomic E-state index is 12.6. The van der Waals surface area contributed by atoms with Crippen molar-refractivity contribution in [3.8, 4) is 0 Å².